The number of fused-ring (bicyclic) bond motifs is 1. The summed E-state index contributed by atoms with van der Waals surface area (Å²) in [7, 11) is 0. The van der Waals surface area contributed by atoms with Gasteiger partial charge in [-0.3, -0.25) is 4.79 Å². The van der Waals surface area contributed by atoms with Crippen molar-refractivity contribution < 1.29 is 14.3 Å². The van der Waals surface area contributed by atoms with Gasteiger partial charge in [0.2, 0.25) is 5.91 Å². The topological polar surface area (TPSA) is 58.6 Å². The van der Waals surface area contributed by atoms with E-state index in [4.69, 9.17) is 4.74 Å². The number of nitrogens with one attached hydrogen (secondary N) is 1. The second-order valence-corrected chi connectivity index (χ2v) is 5.91. The van der Waals surface area contributed by atoms with Gasteiger partial charge in [-0.15, -0.1) is 0 Å². The molecule has 0 aromatic rings. The van der Waals surface area contributed by atoms with Crippen molar-refractivity contribution in [1.29, 1.82) is 0 Å². The molecule has 0 saturated carbocycles. The Labute approximate surface area is 101 Å². The van der Waals surface area contributed by atoms with E-state index >= 15 is 0 Å². The molecule has 5 nitrogen and oxygen atoms in total. The Morgan fingerprint density at radius 3 is 2.65 bits per heavy atom. The van der Waals surface area contributed by atoms with Crippen LogP contribution >= 0.6 is 0 Å². The molecular weight excluding hydrogens is 220 g/mol. The fraction of sp³-hybridized carbons (Fsp3) is 0.833. The third kappa shape index (κ3) is 2.90. The number of hydrogen-bond acceptors (Lipinski definition) is 3. The lowest BCUT2D eigenvalue weighted by Gasteiger charge is -2.24. The maximum Gasteiger partial charge on any atom is 0.410 e. The maximum atomic E-state index is 11.9. The Morgan fingerprint density at radius 2 is 2.00 bits per heavy atom. The molecular formula is C12H20N2O3. The number of piperidine rings is 1. The SMILES string of the molecule is CC(C)(C)OC(=O)N1C[C@H]2CNC(=O)C[C@H]2C1. The van der Waals surface area contributed by atoms with E-state index in [-0.39, 0.29) is 12.0 Å². The predicted octanol–water partition coefficient (Wildman–Crippen LogP) is 0.989. The highest BCUT2D eigenvalue weighted by molar-refractivity contribution is 5.77. The Balaban J connectivity index is 1.93. The molecule has 0 unspecified atom stereocenters. The van der Waals surface area contributed by atoms with Crippen LogP contribution in [-0.4, -0.2) is 42.1 Å². The van der Waals surface area contributed by atoms with Crippen molar-refractivity contribution in [1.82, 2.24) is 10.2 Å². The van der Waals surface area contributed by atoms with Gasteiger partial charge in [0.05, 0.1) is 0 Å². The van der Waals surface area contributed by atoms with Crippen LogP contribution in [0, 0.1) is 11.8 Å². The molecule has 2 aliphatic heterocycles. The number of amides is 2. The second-order valence-electron chi connectivity index (χ2n) is 5.91. The van der Waals surface area contributed by atoms with Gasteiger partial charge in [-0.1, -0.05) is 0 Å². The van der Waals surface area contributed by atoms with Crippen molar-refractivity contribution in [2.24, 2.45) is 11.8 Å². The highest BCUT2D eigenvalue weighted by Gasteiger charge is 2.40. The Hall–Kier alpha value is -1.26. The van der Waals surface area contributed by atoms with Crippen LogP contribution in [-0.2, 0) is 9.53 Å². The maximum absolute atomic E-state index is 11.9. The van der Waals surface area contributed by atoms with E-state index in [9.17, 15) is 9.59 Å². The molecule has 2 fully saturated rings. The minimum atomic E-state index is -0.459. The highest BCUT2D eigenvalue weighted by atomic mass is 16.6. The first kappa shape index (κ1) is 12.2. The van der Waals surface area contributed by atoms with Crippen molar-refractivity contribution in [2.75, 3.05) is 19.6 Å². The molecule has 0 bridgehead atoms. The summed E-state index contributed by atoms with van der Waals surface area (Å²) in [6, 6.07) is 0. The summed E-state index contributed by atoms with van der Waals surface area (Å²) in [5.41, 5.74) is -0.459. The Bertz CT molecular complexity index is 335. The van der Waals surface area contributed by atoms with Gasteiger partial charge in [0, 0.05) is 26.1 Å². The third-order valence-electron chi connectivity index (χ3n) is 3.24. The molecule has 0 radical (unpaired) electrons. The predicted molar refractivity (Wildman–Crippen MR) is 62.4 cm³/mol. The van der Waals surface area contributed by atoms with Crippen LogP contribution < -0.4 is 5.32 Å². The molecule has 2 aliphatic rings. The van der Waals surface area contributed by atoms with Gasteiger partial charge in [-0.05, 0) is 32.6 Å². The number of carbonyl (C=O) groups excluding carboxylic acids is 2. The third-order valence-corrected chi connectivity index (χ3v) is 3.24. The lowest BCUT2D eigenvalue weighted by Crippen LogP contribution is -2.40. The first-order valence-corrected chi connectivity index (χ1v) is 6.10. The Kier molecular flexibility index (Phi) is 3.02. The summed E-state index contributed by atoms with van der Waals surface area (Å²) in [6.45, 7) is 7.60. The number of ether oxygens (including phenoxy) is 1. The van der Waals surface area contributed by atoms with Crippen LogP contribution in [0.1, 0.15) is 27.2 Å². The Morgan fingerprint density at radius 1 is 1.35 bits per heavy atom. The molecule has 0 aliphatic carbocycles. The molecule has 2 heterocycles. The molecule has 2 atom stereocenters. The lowest BCUT2D eigenvalue weighted by atomic mass is 9.89. The fourth-order valence-electron chi connectivity index (χ4n) is 2.43. The van der Waals surface area contributed by atoms with Gasteiger partial charge >= 0.3 is 6.09 Å². The van der Waals surface area contributed by atoms with Gasteiger partial charge in [-0.25, -0.2) is 4.79 Å². The van der Waals surface area contributed by atoms with Crippen LogP contribution in [0.2, 0.25) is 0 Å². The zero-order chi connectivity index (χ0) is 12.6. The van der Waals surface area contributed by atoms with E-state index in [1.54, 1.807) is 4.90 Å². The molecule has 0 spiro atoms. The average Bonchev–Trinajstić information content (AvgIpc) is 2.57. The zero-order valence-electron chi connectivity index (χ0n) is 10.7. The summed E-state index contributed by atoms with van der Waals surface area (Å²) in [6.07, 6.45) is 0.267. The number of nitrogens with zero attached hydrogens (tertiary/aromatic N) is 1. The van der Waals surface area contributed by atoms with Crippen LogP contribution in [0.15, 0.2) is 0 Å². The van der Waals surface area contributed by atoms with Gasteiger partial charge in [-0.2, -0.15) is 0 Å². The van der Waals surface area contributed by atoms with Crippen molar-refractivity contribution in [2.45, 2.75) is 32.8 Å². The van der Waals surface area contributed by atoms with Gasteiger partial charge in [0.1, 0.15) is 5.60 Å². The average molecular weight is 240 g/mol. The van der Waals surface area contributed by atoms with Gasteiger partial charge in [0.25, 0.3) is 0 Å². The van der Waals surface area contributed by atoms with E-state index in [2.05, 4.69) is 5.32 Å². The molecule has 96 valence electrons. The second kappa shape index (κ2) is 4.20. The van der Waals surface area contributed by atoms with E-state index in [1.165, 1.54) is 0 Å². The van der Waals surface area contributed by atoms with Crippen molar-refractivity contribution >= 4 is 12.0 Å². The van der Waals surface area contributed by atoms with Crippen molar-refractivity contribution in [3.8, 4) is 0 Å². The summed E-state index contributed by atoms with van der Waals surface area (Å²) in [4.78, 5) is 24.9. The summed E-state index contributed by atoms with van der Waals surface area (Å²) in [5, 5.41) is 2.84. The monoisotopic (exact) mass is 240 g/mol. The van der Waals surface area contributed by atoms with E-state index < -0.39 is 5.60 Å². The number of carbonyl (C=O) groups is 2. The molecule has 17 heavy (non-hydrogen) atoms. The smallest absolute Gasteiger partial charge is 0.410 e. The van der Waals surface area contributed by atoms with E-state index in [1.807, 2.05) is 20.8 Å². The van der Waals surface area contributed by atoms with Gasteiger partial charge in [0.15, 0.2) is 0 Å². The van der Waals surface area contributed by atoms with Crippen LogP contribution in [0.25, 0.3) is 0 Å². The number of rotatable bonds is 0. The van der Waals surface area contributed by atoms with Crippen LogP contribution in [0.5, 0.6) is 0 Å². The molecule has 5 heteroatoms. The lowest BCUT2D eigenvalue weighted by molar-refractivity contribution is -0.124. The zero-order valence-corrected chi connectivity index (χ0v) is 10.7. The molecule has 2 saturated heterocycles. The quantitative estimate of drug-likeness (QED) is 0.687. The number of likely N-dealkylation sites (tertiary alicyclic amines) is 1. The first-order valence-electron chi connectivity index (χ1n) is 6.10. The van der Waals surface area contributed by atoms with Crippen LogP contribution in [0.4, 0.5) is 4.79 Å². The van der Waals surface area contributed by atoms with E-state index in [0.717, 1.165) is 0 Å². The number of hydrogen-bond donors (Lipinski definition) is 1. The molecule has 2 amide bonds. The first-order chi connectivity index (χ1) is 7.85. The van der Waals surface area contributed by atoms with Crippen molar-refractivity contribution in [3.63, 3.8) is 0 Å². The van der Waals surface area contributed by atoms with E-state index in [0.29, 0.717) is 37.9 Å². The molecule has 0 aromatic heterocycles. The largest absolute Gasteiger partial charge is 0.444 e. The fourth-order valence-corrected chi connectivity index (χ4v) is 2.43. The molecule has 2 rings (SSSR count). The minimum absolute atomic E-state index is 0.0947. The van der Waals surface area contributed by atoms with Gasteiger partial charge < -0.3 is 15.0 Å². The van der Waals surface area contributed by atoms with Crippen LogP contribution in [0.3, 0.4) is 0 Å². The summed E-state index contributed by atoms with van der Waals surface area (Å²) >= 11 is 0. The normalized spacial score (nSPS) is 28.6. The summed E-state index contributed by atoms with van der Waals surface area (Å²) in [5.74, 6) is 0.786. The minimum Gasteiger partial charge on any atom is -0.444 e. The molecule has 0 aromatic carbocycles. The standard InChI is InChI=1S/C12H20N2O3/c1-12(2,3)17-11(16)14-6-8-4-10(15)13-5-9(8)7-14/h8-9H,4-7H2,1-3H3,(H,13,15)/t8-,9+/m0/s1. The summed E-state index contributed by atoms with van der Waals surface area (Å²) < 4.78 is 5.34. The van der Waals surface area contributed by atoms with Crippen molar-refractivity contribution in [3.05, 3.63) is 0 Å². The molecule has 1 N–H and O–H groups in total. The highest BCUT2D eigenvalue weighted by Crippen LogP contribution is 2.29.